The number of nitrogens with zero attached hydrogens (tertiary/aromatic N) is 1. The fourth-order valence-corrected chi connectivity index (χ4v) is 9.62. The van der Waals surface area contributed by atoms with Gasteiger partial charge in [0, 0.05) is 23.6 Å². The number of benzene rings is 2. The van der Waals surface area contributed by atoms with E-state index in [0.717, 1.165) is 24.0 Å². The van der Waals surface area contributed by atoms with E-state index < -0.39 is 63.3 Å². The normalized spacial score (nSPS) is 32.1. The van der Waals surface area contributed by atoms with E-state index in [1.54, 1.807) is 34.2 Å². The summed E-state index contributed by atoms with van der Waals surface area (Å²) in [5.41, 5.74) is 2.61. The van der Waals surface area contributed by atoms with Crippen LogP contribution in [0, 0.1) is 22.7 Å². The number of ether oxygens (including phenoxy) is 1. The smallest absolute Gasteiger partial charge is 0.235 e. The molecule has 11 nitrogen and oxygen atoms in total. The predicted octanol–water partition coefficient (Wildman–Crippen LogP) is 2.75. The molecule has 0 heterocycles. The lowest BCUT2D eigenvalue weighted by Crippen LogP contribution is -2.79. The maximum atomic E-state index is 14.5. The molecular weight excluding hydrogens is 614 g/mol. The van der Waals surface area contributed by atoms with Gasteiger partial charge >= 0.3 is 0 Å². The highest BCUT2D eigenvalue weighted by atomic mass is 16.5. The van der Waals surface area contributed by atoms with Crippen molar-refractivity contribution in [3.63, 3.8) is 0 Å². The number of phenols is 1. The Morgan fingerprint density at radius 1 is 1.02 bits per heavy atom. The number of hydrogen-bond donors (Lipinski definition) is 4. The number of Topliss-reactive ketones (excluding diaryl/α,β-unsaturated/α-hetero) is 4. The fraction of sp³-hybridized carbons (Fsp3) is 0.541. The molecule has 0 aliphatic heterocycles. The molecule has 11 heteroatoms. The summed E-state index contributed by atoms with van der Waals surface area (Å²) in [6.07, 6.45) is 5.99. The van der Waals surface area contributed by atoms with E-state index in [9.17, 15) is 34.2 Å². The van der Waals surface area contributed by atoms with Crippen molar-refractivity contribution in [2.24, 2.45) is 28.4 Å². The minimum Gasteiger partial charge on any atom is -0.507 e. The highest BCUT2D eigenvalue weighted by molar-refractivity contribution is 6.33. The van der Waals surface area contributed by atoms with Crippen molar-refractivity contribution in [3.05, 3.63) is 47.0 Å². The van der Waals surface area contributed by atoms with Crippen molar-refractivity contribution in [2.75, 3.05) is 21.2 Å². The summed E-state index contributed by atoms with van der Waals surface area (Å²) in [7, 11) is 4.70. The van der Waals surface area contributed by atoms with E-state index in [0.29, 0.717) is 29.5 Å². The molecule has 2 aromatic carbocycles. The Kier molecular flexibility index (Phi) is 8.41. The van der Waals surface area contributed by atoms with Crippen LogP contribution in [0.4, 0.5) is 0 Å². The van der Waals surface area contributed by atoms with Crippen LogP contribution in [0.3, 0.4) is 0 Å². The van der Waals surface area contributed by atoms with E-state index in [1.165, 1.54) is 37.2 Å². The highest BCUT2D eigenvalue weighted by Crippen LogP contribution is 2.62. The average Bonchev–Trinajstić information content (AvgIpc) is 3.02. The Labute approximate surface area is 280 Å². The Morgan fingerprint density at radius 2 is 1.71 bits per heavy atom. The van der Waals surface area contributed by atoms with E-state index in [-0.39, 0.29) is 24.2 Å². The Bertz CT molecular complexity index is 1730. The van der Waals surface area contributed by atoms with Crippen molar-refractivity contribution in [3.8, 4) is 22.6 Å². The third kappa shape index (κ3) is 4.84. The van der Waals surface area contributed by atoms with Crippen LogP contribution in [-0.2, 0) is 32.1 Å². The third-order valence-electron chi connectivity index (χ3n) is 11.6. The molecule has 4 aliphatic rings. The molecule has 256 valence electrons. The average molecular weight is 660 g/mol. The van der Waals surface area contributed by atoms with Gasteiger partial charge in [-0.15, -0.1) is 0 Å². The minimum atomic E-state index is -2.84. The van der Waals surface area contributed by atoms with Crippen molar-refractivity contribution in [1.29, 1.82) is 0 Å². The second-order valence-electron chi connectivity index (χ2n) is 15.0. The van der Waals surface area contributed by atoms with Crippen molar-refractivity contribution < 1.29 is 38.9 Å². The maximum absolute atomic E-state index is 14.5. The van der Waals surface area contributed by atoms with Crippen LogP contribution >= 0.6 is 0 Å². The standard InChI is InChI=1S/C37H45N3O8/c1-35-16-23-21(22-15-19(11-14-25(22)48-5)17-39-20-9-7-6-8-10-20)12-13-24(41)26(23)29(42)28(35)33(45)37(47)32(44)27(34(38)46)30(43)31(40(3)4)36(37,2)18-35/h11-15,20,27-28,31,39,41,47H,6-10,16-18H2,1-5H3,(H2,38,46)/t27?,28?,31-,35+,36+,37-/m1/s1. The number of phenolic OH excluding ortho intramolecular Hbond substituents is 1. The first-order valence-electron chi connectivity index (χ1n) is 16.7. The monoisotopic (exact) mass is 659 g/mol. The zero-order valence-electron chi connectivity index (χ0n) is 28.2. The molecule has 5 N–H and O–H groups in total. The van der Waals surface area contributed by atoms with Crippen LogP contribution in [0.15, 0.2) is 30.3 Å². The number of likely N-dealkylation sites (N-methyl/N-ethyl adjacent to an activating group) is 1. The molecule has 3 fully saturated rings. The summed E-state index contributed by atoms with van der Waals surface area (Å²) >= 11 is 0. The molecule has 0 aromatic heterocycles. The first-order valence-corrected chi connectivity index (χ1v) is 16.7. The summed E-state index contributed by atoms with van der Waals surface area (Å²) in [5.74, 6) is -8.48. The maximum Gasteiger partial charge on any atom is 0.235 e. The molecular formula is C37H45N3O8. The lowest BCUT2D eigenvalue weighted by molar-refractivity contribution is -0.203. The topological polar surface area (TPSA) is 176 Å². The number of primary amides is 1. The number of hydrogen-bond acceptors (Lipinski definition) is 10. The Balaban J connectivity index is 1.47. The Hall–Kier alpha value is -3.93. The number of aromatic hydroxyl groups is 1. The van der Waals surface area contributed by atoms with Crippen molar-refractivity contribution in [1.82, 2.24) is 10.2 Å². The van der Waals surface area contributed by atoms with Gasteiger partial charge in [0.05, 0.1) is 24.6 Å². The van der Waals surface area contributed by atoms with Gasteiger partial charge in [-0.2, -0.15) is 0 Å². The predicted molar refractivity (Wildman–Crippen MR) is 176 cm³/mol. The molecule has 3 saturated carbocycles. The van der Waals surface area contributed by atoms with Gasteiger partial charge in [0.25, 0.3) is 0 Å². The minimum absolute atomic E-state index is 0.0572. The molecule has 6 atom stereocenters. The zero-order chi connectivity index (χ0) is 34.9. The fourth-order valence-electron chi connectivity index (χ4n) is 9.62. The van der Waals surface area contributed by atoms with E-state index in [2.05, 4.69) is 5.32 Å². The van der Waals surface area contributed by atoms with Gasteiger partial charge in [0.2, 0.25) is 5.91 Å². The molecule has 6 rings (SSSR count). The zero-order valence-corrected chi connectivity index (χ0v) is 28.2. The molecule has 2 aromatic rings. The van der Waals surface area contributed by atoms with Crippen LogP contribution in [0.5, 0.6) is 11.5 Å². The van der Waals surface area contributed by atoms with E-state index in [1.807, 2.05) is 18.2 Å². The molecule has 48 heavy (non-hydrogen) atoms. The summed E-state index contributed by atoms with van der Waals surface area (Å²) in [4.78, 5) is 70.4. The summed E-state index contributed by atoms with van der Waals surface area (Å²) < 4.78 is 5.77. The van der Waals surface area contributed by atoms with Gasteiger partial charge in [0.15, 0.2) is 34.7 Å². The molecule has 0 spiro atoms. The van der Waals surface area contributed by atoms with E-state index in [4.69, 9.17) is 10.5 Å². The van der Waals surface area contributed by atoms with Gasteiger partial charge in [-0.25, -0.2) is 0 Å². The quantitative estimate of drug-likeness (QED) is 0.324. The summed E-state index contributed by atoms with van der Waals surface area (Å²) in [6.45, 7) is 3.89. The largest absolute Gasteiger partial charge is 0.507 e. The molecule has 4 aliphatic carbocycles. The SMILES string of the molecule is COc1ccc(CNC2CCCCC2)cc1-c1ccc(O)c2c1C[C@@]1(C)C[C@@]3(C)[C@H](N(C)C)C(=O)C(C(N)=O)C(=O)[C@@]3(O)C(=O)C1C2=O. The summed E-state index contributed by atoms with van der Waals surface area (Å²) in [5, 5.41) is 27.0. The number of amides is 1. The van der Waals surface area contributed by atoms with Crippen LogP contribution in [0.25, 0.3) is 11.1 Å². The molecule has 0 bridgehead atoms. The summed E-state index contributed by atoms with van der Waals surface area (Å²) in [6, 6.07) is 8.24. The van der Waals surface area contributed by atoms with Crippen LogP contribution in [0.2, 0.25) is 0 Å². The van der Waals surface area contributed by atoms with E-state index >= 15 is 0 Å². The van der Waals surface area contributed by atoms with Gasteiger partial charge < -0.3 is 26.0 Å². The van der Waals surface area contributed by atoms with Crippen molar-refractivity contribution in [2.45, 2.75) is 83.0 Å². The first kappa shape index (κ1) is 34.0. The number of carbonyl (C=O) groups excluding carboxylic acids is 5. The molecule has 2 unspecified atom stereocenters. The molecule has 0 radical (unpaired) electrons. The second-order valence-corrected chi connectivity index (χ2v) is 15.0. The van der Waals surface area contributed by atoms with Crippen LogP contribution in [-0.4, -0.2) is 83.0 Å². The van der Waals surface area contributed by atoms with Crippen molar-refractivity contribution >= 4 is 29.0 Å². The molecule has 1 amide bonds. The number of aliphatic hydroxyl groups is 1. The number of carbonyl (C=O) groups is 5. The second kappa shape index (κ2) is 11.9. The van der Waals surface area contributed by atoms with Crippen LogP contribution < -0.4 is 15.8 Å². The number of fused-ring (bicyclic) bond motifs is 3. The van der Waals surface area contributed by atoms with Gasteiger partial charge in [-0.3, -0.25) is 28.9 Å². The third-order valence-corrected chi connectivity index (χ3v) is 11.6. The lowest BCUT2D eigenvalue weighted by atomic mass is 9.42. The lowest BCUT2D eigenvalue weighted by Gasteiger charge is -2.61. The Morgan fingerprint density at radius 3 is 2.33 bits per heavy atom. The number of nitrogens with two attached hydrogens (primary N) is 1. The van der Waals surface area contributed by atoms with Crippen LogP contribution in [0.1, 0.15) is 73.9 Å². The van der Waals surface area contributed by atoms with Gasteiger partial charge in [-0.05, 0) is 80.1 Å². The first-order chi connectivity index (χ1) is 22.6. The number of rotatable bonds is 7. The highest BCUT2D eigenvalue weighted by Gasteiger charge is 2.76. The molecule has 0 saturated heterocycles. The number of ketones is 4. The van der Waals surface area contributed by atoms with Gasteiger partial charge in [-0.1, -0.05) is 45.2 Å². The number of methoxy groups -OCH3 is 1. The number of nitrogens with one attached hydrogen (secondary N) is 1. The van der Waals surface area contributed by atoms with Gasteiger partial charge in [0.1, 0.15) is 11.5 Å².